The lowest BCUT2D eigenvalue weighted by Gasteiger charge is -2.28. The second kappa shape index (κ2) is 43.8. The highest BCUT2D eigenvalue weighted by molar-refractivity contribution is 4.76. The van der Waals surface area contributed by atoms with E-state index >= 15 is 0 Å². The summed E-state index contributed by atoms with van der Waals surface area (Å²) in [4.78, 5) is 0. The molecule has 396 valence electrons. The Balaban J connectivity index is 0.000000512. The molecule has 12 atom stereocenters. The molecular formula is C66H132. The standard InChI is InChI=1S/2C12H24.2C11H22.2C10H20/c2*1-3-6-11-8-5-9-12(10-11)7-4-2;2*1-3-6-11-8-5-7-10(4-2)9-11;2*1-3-9-6-5-7-10(4-2)8-9/h2*11-12H,3-10H2,1-2H3;2*10-11H,3-9H2,1-2H3;2*9-10H,3-8H2,1-2H3/i3D2,4D2,6D2,7D2;;3D2,4D2,6D2;;3D2,4D2;. The van der Waals surface area contributed by atoms with Crippen LogP contribution in [0.25, 0.3) is 0 Å². The lowest BCUT2D eigenvalue weighted by atomic mass is 9.78. The monoisotopic (exact) mass is 943 g/mol. The Hall–Kier alpha value is 0. The Morgan fingerprint density at radius 2 is 0.455 bits per heavy atom. The van der Waals surface area contributed by atoms with Gasteiger partial charge in [-0.05, 0) is 110 Å². The van der Waals surface area contributed by atoms with E-state index in [-0.39, 0.29) is 30.1 Å². The molecule has 0 spiro atoms. The van der Waals surface area contributed by atoms with Gasteiger partial charge < -0.3 is 0 Å². The first kappa shape index (κ1) is 39.5. The Bertz CT molecular complexity index is 1620. The van der Waals surface area contributed by atoms with Crippen LogP contribution in [0, 0.1) is 71.0 Å². The molecular weight excluding hydrogens is 793 g/mol. The summed E-state index contributed by atoms with van der Waals surface area (Å²) in [5.74, 6) is 4.86. The molecule has 0 aromatic heterocycles. The maximum Gasteiger partial charge on any atom is 0.0269 e. The zero-order valence-corrected chi connectivity index (χ0v) is 46.8. The van der Waals surface area contributed by atoms with Crippen LogP contribution in [0.3, 0.4) is 0 Å². The van der Waals surface area contributed by atoms with Crippen molar-refractivity contribution in [3.8, 4) is 0 Å². The molecule has 0 heterocycles. The molecule has 0 aromatic carbocycles. The van der Waals surface area contributed by atoms with Gasteiger partial charge in [-0.25, -0.2) is 0 Å². The molecule has 66 heavy (non-hydrogen) atoms. The fourth-order valence-corrected chi connectivity index (χ4v) is 12.7. The van der Waals surface area contributed by atoms with Crippen LogP contribution in [0.1, 0.15) is 377 Å². The van der Waals surface area contributed by atoms with Gasteiger partial charge in [-0.2, -0.15) is 0 Å². The van der Waals surface area contributed by atoms with Crippen molar-refractivity contribution in [3.63, 3.8) is 0 Å². The summed E-state index contributed by atoms with van der Waals surface area (Å²) in [6.07, 6.45) is 23.7. The third-order valence-corrected chi connectivity index (χ3v) is 16.8. The average Bonchev–Trinajstić information content (AvgIpc) is 2.60. The molecule has 6 saturated carbocycles. The second-order valence-electron chi connectivity index (χ2n) is 22.0. The molecule has 6 aliphatic carbocycles. The molecule has 0 nitrogen and oxygen atoms in total. The van der Waals surface area contributed by atoms with Gasteiger partial charge in [0.05, 0.1) is 0 Å². The van der Waals surface area contributed by atoms with E-state index in [0.717, 1.165) is 67.6 Å². The fourth-order valence-electron chi connectivity index (χ4n) is 12.7. The Morgan fingerprint density at radius 1 is 0.258 bits per heavy atom. The summed E-state index contributed by atoms with van der Waals surface area (Å²) in [6, 6.07) is 0. The molecule has 0 aromatic rings. The van der Waals surface area contributed by atoms with Gasteiger partial charge in [0.25, 0.3) is 0 Å². The van der Waals surface area contributed by atoms with Crippen LogP contribution in [0.15, 0.2) is 0 Å². The Kier molecular flexibility index (Phi) is 26.2. The summed E-state index contributed by atoms with van der Waals surface area (Å²) in [5, 5.41) is 0. The SMILES string of the molecule is CCC1CCCC(CC)C1.CCCC1CCCC(CC)C1.CCCC1CCCC(CCC)C1.[2H]C([2H])(C)C([2H])([2H])C1CCCC(C([2H])([2H])C([2H])([2H])C)C1.[2H]C([2H])(C)C1CCCC(C([2H])([2H])C([2H])([2H])C)C1.[2H]C([2H])(C)C1CCCC(C([2H])([2H])C)C1. The highest BCUT2D eigenvalue weighted by Crippen LogP contribution is 2.37. The van der Waals surface area contributed by atoms with E-state index in [1.807, 2.05) is 0 Å². The van der Waals surface area contributed by atoms with E-state index in [0.29, 0.717) is 38.5 Å². The van der Waals surface area contributed by atoms with Gasteiger partial charge in [-0.15, -0.1) is 0 Å². The van der Waals surface area contributed by atoms with Crippen molar-refractivity contribution < 1.29 is 24.7 Å². The predicted molar refractivity (Wildman–Crippen MR) is 304 cm³/mol. The molecule has 0 aliphatic heterocycles. The highest BCUT2D eigenvalue weighted by atomic mass is 14.3. The van der Waals surface area contributed by atoms with E-state index in [9.17, 15) is 0 Å². The molecule has 6 rings (SSSR count). The van der Waals surface area contributed by atoms with Crippen LogP contribution in [-0.4, -0.2) is 0 Å². The molecule has 6 fully saturated rings. The van der Waals surface area contributed by atoms with Crippen molar-refractivity contribution in [2.45, 2.75) is 352 Å². The molecule has 0 heteroatoms. The highest BCUT2D eigenvalue weighted by Gasteiger charge is 2.24. The van der Waals surface area contributed by atoms with E-state index in [1.54, 1.807) is 20.3 Å². The van der Waals surface area contributed by atoms with Gasteiger partial charge in [0.1, 0.15) is 0 Å². The number of hydrogen-bond acceptors (Lipinski definition) is 0. The quantitative estimate of drug-likeness (QED) is 0.128. The zero-order valence-electron chi connectivity index (χ0n) is 64.8. The van der Waals surface area contributed by atoms with Crippen LogP contribution in [0.5, 0.6) is 0 Å². The molecule has 0 radical (unpaired) electrons. The first-order valence-electron chi connectivity index (χ1n) is 38.5. The minimum absolute atomic E-state index is 0.0382. The molecule has 12 unspecified atom stereocenters. The van der Waals surface area contributed by atoms with E-state index in [1.165, 1.54) is 156 Å². The van der Waals surface area contributed by atoms with E-state index in [2.05, 4.69) is 41.5 Å². The van der Waals surface area contributed by atoms with Gasteiger partial charge in [0, 0.05) is 24.7 Å². The molecule has 0 bridgehead atoms. The third-order valence-electron chi connectivity index (χ3n) is 16.8. The lowest BCUT2D eigenvalue weighted by Crippen LogP contribution is -2.15. The van der Waals surface area contributed by atoms with Gasteiger partial charge >= 0.3 is 0 Å². The predicted octanol–water partition coefficient (Wildman–Crippen LogP) is 24.0. The van der Waals surface area contributed by atoms with Gasteiger partial charge in [0.15, 0.2) is 0 Å². The molecule has 0 N–H and O–H groups in total. The summed E-state index contributed by atoms with van der Waals surface area (Å²) in [6.45, 7) is 22.4. The van der Waals surface area contributed by atoms with E-state index < -0.39 is 69.2 Å². The Labute approximate surface area is 447 Å². The summed E-state index contributed by atoms with van der Waals surface area (Å²) >= 11 is 0. The van der Waals surface area contributed by atoms with Crippen molar-refractivity contribution in [3.05, 3.63) is 0 Å². The van der Waals surface area contributed by atoms with Gasteiger partial charge in [0.2, 0.25) is 0 Å². The normalized spacial score (nSPS) is 38.2. The molecule has 6 aliphatic rings. The van der Waals surface area contributed by atoms with Crippen molar-refractivity contribution in [2.75, 3.05) is 0 Å². The number of rotatable bonds is 18. The van der Waals surface area contributed by atoms with Crippen molar-refractivity contribution in [2.24, 2.45) is 71.0 Å². The maximum absolute atomic E-state index is 8.00. The molecule has 0 saturated heterocycles. The van der Waals surface area contributed by atoms with Crippen LogP contribution < -0.4 is 0 Å². The summed E-state index contributed by atoms with van der Waals surface area (Å²) in [7, 11) is 0. The smallest absolute Gasteiger partial charge is 0.0269 e. The molecule has 0 amide bonds. The minimum atomic E-state index is -2.03. The summed E-state index contributed by atoms with van der Waals surface area (Å²) in [5.41, 5.74) is 0. The van der Waals surface area contributed by atoms with Crippen LogP contribution in [0.2, 0.25) is 0 Å². The summed E-state index contributed by atoms with van der Waals surface area (Å²) < 4.78 is 140. The van der Waals surface area contributed by atoms with Crippen LogP contribution >= 0.6 is 0 Å². The van der Waals surface area contributed by atoms with E-state index in [4.69, 9.17) is 24.7 Å². The third kappa shape index (κ3) is 31.4. The van der Waals surface area contributed by atoms with Crippen LogP contribution in [0.4, 0.5) is 0 Å². The van der Waals surface area contributed by atoms with Crippen molar-refractivity contribution in [1.29, 1.82) is 0 Å². The Morgan fingerprint density at radius 3 is 0.712 bits per heavy atom. The average molecular weight is 944 g/mol. The minimum Gasteiger partial charge on any atom is -0.0654 e. The fraction of sp³-hybridized carbons (Fsp3) is 1.00. The second-order valence-corrected chi connectivity index (χ2v) is 22.0. The maximum atomic E-state index is 8.00. The van der Waals surface area contributed by atoms with Gasteiger partial charge in [-0.3, -0.25) is 0 Å². The number of hydrogen-bond donors (Lipinski definition) is 0. The van der Waals surface area contributed by atoms with Gasteiger partial charge in [-0.1, -0.05) is 314 Å². The lowest BCUT2D eigenvalue weighted by molar-refractivity contribution is 0.242. The first-order valence-corrected chi connectivity index (χ1v) is 29.5. The first-order chi connectivity index (χ1) is 38.5. The topological polar surface area (TPSA) is 0 Å². The van der Waals surface area contributed by atoms with Crippen LogP contribution in [-0.2, 0) is 0 Å². The zero-order chi connectivity index (χ0) is 64.8. The van der Waals surface area contributed by atoms with Crippen molar-refractivity contribution in [1.82, 2.24) is 0 Å². The largest absolute Gasteiger partial charge is 0.0654 e. The van der Waals surface area contributed by atoms with Crippen molar-refractivity contribution >= 4 is 0 Å².